The summed E-state index contributed by atoms with van der Waals surface area (Å²) in [7, 11) is -1.08. The molecule has 0 atom stereocenters. The van der Waals surface area contributed by atoms with Gasteiger partial charge >= 0.3 is 0 Å². The van der Waals surface area contributed by atoms with Gasteiger partial charge in [-0.1, -0.05) is 0 Å². The Bertz CT molecular complexity index is 1460. The Kier molecular flexibility index (Phi) is 6.83. The Morgan fingerprint density at radius 3 is 2.29 bits per heavy atom. The molecule has 0 aliphatic carbocycles. The summed E-state index contributed by atoms with van der Waals surface area (Å²) >= 11 is 0. The summed E-state index contributed by atoms with van der Waals surface area (Å²) in [6, 6.07) is 18.1. The molecule has 0 bridgehead atoms. The molecule has 0 radical (unpaired) electrons. The van der Waals surface area contributed by atoms with Crippen LogP contribution in [0.1, 0.15) is 17.4 Å². The number of aromatic amines is 1. The van der Waals surface area contributed by atoms with E-state index in [-0.39, 0.29) is 10.6 Å². The van der Waals surface area contributed by atoms with Crippen molar-refractivity contribution in [2.75, 3.05) is 30.9 Å². The quantitative estimate of drug-likeness (QED) is 0.311. The Hall–Kier alpha value is -4.18. The van der Waals surface area contributed by atoms with Gasteiger partial charge in [0, 0.05) is 28.3 Å². The van der Waals surface area contributed by atoms with Crippen LogP contribution in [0.25, 0.3) is 10.9 Å². The monoisotopic (exact) mass is 495 g/mol. The second kappa shape index (κ2) is 9.98. The predicted molar refractivity (Wildman–Crippen MR) is 134 cm³/mol. The van der Waals surface area contributed by atoms with Gasteiger partial charge in [-0.2, -0.15) is 0 Å². The van der Waals surface area contributed by atoms with Gasteiger partial charge in [0.15, 0.2) is 0 Å². The fourth-order valence-corrected chi connectivity index (χ4v) is 4.77. The van der Waals surface area contributed by atoms with Gasteiger partial charge in [-0.25, -0.2) is 8.42 Å². The summed E-state index contributed by atoms with van der Waals surface area (Å²) in [5.41, 5.74) is 1.71. The zero-order valence-electron chi connectivity index (χ0n) is 19.4. The van der Waals surface area contributed by atoms with Crippen LogP contribution in [0.5, 0.6) is 17.2 Å². The van der Waals surface area contributed by atoms with Gasteiger partial charge in [0.05, 0.1) is 20.8 Å². The molecule has 4 rings (SSSR count). The molecular weight excluding hydrogens is 470 g/mol. The van der Waals surface area contributed by atoms with Crippen molar-refractivity contribution in [1.29, 1.82) is 0 Å². The molecule has 0 saturated heterocycles. The topological polar surface area (TPSA) is 119 Å². The van der Waals surface area contributed by atoms with Crippen LogP contribution in [0.15, 0.2) is 71.6 Å². The number of fused-ring (bicyclic) bond motifs is 1. The summed E-state index contributed by atoms with van der Waals surface area (Å²) in [6.45, 7) is 2.37. The number of methoxy groups -OCH3 is 2. The number of ether oxygens (including phenoxy) is 3. The minimum atomic E-state index is -4.02. The molecule has 0 aliphatic rings. The number of benzene rings is 3. The van der Waals surface area contributed by atoms with Gasteiger partial charge < -0.3 is 24.5 Å². The van der Waals surface area contributed by atoms with Crippen LogP contribution in [-0.4, -0.2) is 40.1 Å². The van der Waals surface area contributed by atoms with Crippen molar-refractivity contribution in [2.24, 2.45) is 0 Å². The van der Waals surface area contributed by atoms with Gasteiger partial charge in [-0.3, -0.25) is 9.52 Å². The highest BCUT2D eigenvalue weighted by Gasteiger charge is 2.21. The number of hydrogen-bond acceptors (Lipinski definition) is 6. The number of hydrogen-bond donors (Lipinski definition) is 3. The van der Waals surface area contributed by atoms with E-state index in [1.807, 2.05) is 13.0 Å². The molecule has 0 fully saturated rings. The molecule has 10 heteroatoms. The fourth-order valence-electron chi connectivity index (χ4n) is 3.51. The maximum absolute atomic E-state index is 13.1. The van der Waals surface area contributed by atoms with E-state index >= 15 is 0 Å². The molecule has 182 valence electrons. The zero-order chi connectivity index (χ0) is 25.0. The molecule has 0 unspecified atom stereocenters. The summed E-state index contributed by atoms with van der Waals surface area (Å²) in [4.78, 5) is 15.8. The van der Waals surface area contributed by atoms with Crippen molar-refractivity contribution >= 4 is 38.2 Å². The highest BCUT2D eigenvalue weighted by molar-refractivity contribution is 7.92. The molecule has 3 aromatic carbocycles. The second-order valence-electron chi connectivity index (χ2n) is 7.52. The van der Waals surface area contributed by atoms with E-state index in [0.29, 0.717) is 35.2 Å². The minimum Gasteiger partial charge on any atom is -0.497 e. The van der Waals surface area contributed by atoms with Crippen LogP contribution < -0.4 is 24.2 Å². The Balaban J connectivity index is 1.57. The minimum absolute atomic E-state index is 0.118. The van der Waals surface area contributed by atoms with Crippen molar-refractivity contribution in [3.8, 4) is 17.2 Å². The van der Waals surface area contributed by atoms with Crippen LogP contribution in [0, 0.1) is 0 Å². The van der Waals surface area contributed by atoms with E-state index in [1.54, 1.807) is 55.6 Å². The van der Waals surface area contributed by atoms with Crippen LogP contribution in [0.4, 0.5) is 11.4 Å². The second-order valence-corrected chi connectivity index (χ2v) is 9.17. The first-order valence-corrected chi connectivity index (χ1v) is 12.2. The van der Waals surface area contributed by atoms with Gasteiger partial charge in [0.25, 0.3) is 15.9 Å². The van der Waals surface area contributed by atoms with Crippen LogP contribution in [0.2, 0.25) is 0 Å². The van der Waals surface area contributed by atoms with Crippen molar-refractivity contribution in [1.82, 2.24) is 4.98 Å². The van der Waals surface area contributed by atoms with E-state index in [2.05, 4.69) is 15.0 Å². The smallest absolute Gasteiger partial charge is 0.272 e. The first kappa shape index (κ1) is 24.0. The normalized spacial score (nSPS) is 11.2. The summed E-state index contributed by atoms with van der Waals surface area (Å²) < 4.78 is 44.6. The molecule has 0 saturated carbocycles. The largest absolute Gasteiger partial charge is 0.497 e. The molecule has 0 aliphatic heterocycles. The van der Waals surface area contributed by atoms with Gasteiger partial charge in [0.2, 0.25) is 0 Å². The first-order valence-electron chi connectivity index (χ1n) is 10.7. The van der Waals surface area contributed by atoms with Crippen LogP contribution >= 0.6 is 0 Å². The average Bonchev–Trinajstić information content (AvgIpc) is 3.29. The summed E-state index contributed by atoms with van der Waals surface area (Å²) in [6.07, 6.45) is 0. The number of nitrogens with one attached hydrogen (secondary N) is 3. The van der Waals surface area contributed by atoms with E-state index in [1.165, 1.54) is 19.2 Å². The number of carbonyl (C=O) groups is 1. The number of rotatable bonds is 9. The lowest BCUT2D eigenvalue weighted by atomic mass is 10.2. The third kappa shape index (κ3) is 5.33. The summed E-state index contributed by atoms with van der Waals surface area (Å²) in [5, 5.41) is 3.57. The molecule has 4 aromatic rings. The fraction of sp³-hybridized carbons (Fsp3) is 0.160. The number of H-pyrrole nitrogens is 1. The standard InChI is InChI=1S/C25H25N3O6S/c1-4-34-19-10-6-17(7-11-19)28-35(30,31)24-14-18(8-12-23(24)33-3)26-25(29)22-13-16-5-9-20(32-2)15-21(16)27-22/h5-15,27-28H,4H2,1-3H3,(H,26,29). The van der Waals surface area contributed by atoms with E-state index in [4.69, 9.17) is 14.2 Å². The molecule has 35 heavy (non-hydrogen) atoms. The van der Waals surface area contributed by atoms with E-state index in [0.717, 1.165) is 10.9 Å². The molecule has 1 amide bonds. The summed E-state index contributed by atoms with van der Waals surface area (Å²) in [5.74, 6) is 1.01. The third-order valence-electron chi connectivity index (χ3n) is 5.20. The Morgan fingerprint density at radius 1 is 0.886 bits per heavy atom. The number of sulfonamides is 1. The molecular formula is C25H25N3O6S. The van der Waals surface area contributed by atoms with E-state index < -0.39 is 15.9 Å². The Labute approximate surface area is 203 Å². The van der Waals surface area contributed by atoms with Gasteiger partial charge in [0.1, 0.15) is 27.8 Å². The lowest BCUT2D eigenvalue weighted by molar-refractivity contribution is 0.102. The van der Waals surface area contributed by atoms with Gasteiger partial charge in [-0.05, 0) is 67.6 Å². The lowest BCUT2D eigenvalue weighted by Gasteiger charge is -2.14. The average molecular weight is 496 g/mol. The molecule has 1 heterocycles. The first-order chi connectivity index (χ1) is 16.8. The van der Waals surface area contributed by atoms with Crippen molar-refractivity contribution in [3.05, 3.63) is 72.4 Å². The van der Waals surface area contributed by atoms with Crippen molar-refractivity contribution in [3.63, 3.8) is 0 Å². The SMILES string of the molecule is CCOc1ccc(NS(=O)(=O)c2cc(NC(=O)c3cc4ccc(OC)cc4[nH]3)ccc2OC)cc1. The van der Waals surface area contributed by atoms with E-state index in [9.17, 15) is 13.2 Å². The maximum atomic E-state index is 13.1. The molecule has 3 N–H and O–H groups in total. The zero-order valence-corrected chi connectivity index (χ0v) is 20.2. The predicted octanol–water partition coefficient (Wildman–Crippen LogP) is 4.64. The maximum Gasteiger partial charge on any atom is 0.272 e. The van der Waals surface area contributed by atoms with Crippen molar-refractivity contribution in [2.45, 2.75) is 11.8 Å². The number of anilines is 2. The third-order valence-corrected chi connectivity index (χ3v) is 6.61. The highest BCUT2D eigenvalue weighted by atomic mass is 32.2. The van der Waals surface area contributed by atoms with Crippen LogP contribution in [0.3, 0.4) is 0 Å². The molecule has 0 spiro atoms. The Morgan fingerprint density at radius 2 is 1.60 bits per heavy atom. The number of carbonyl (C=O) groups excluding carboxylic acids is 1. The lowest BCUT2D eigenvalue weighted by Crippen LogP contribution is -2.16. The van der Waals surface area contributed by atoms with Gasteiger partial charge in [-0.15, -0.1) is 0 Å². The molecule has 1 aromatic heterocycles. The number of amides is 1. The molecule has 9 nitrogen and oxygen atoms in total. The van der Waals surface area contributed by atoms with Crippen LogP contribution in [-0.2, 0) is 10.0 Å². The van der Waals surface area contributed by atoms with Crippen molar-refractivity contribution < 1.29 is 27.4 Å². The number of aromatic nitrogens is 1. The highest BCUT2D eigenvalue weighted by Crippen LogP contribution is 2.30.